The third-order valence-corrected chi connectivity index (χ3v) is 3.31. The van der Waals surface area contributed by atoms with E-state index in [-0.39, 0.29) is 6.04 Å². The van der Waals surface area contributed by atoms with Crippen LogP contribution in [0.15, 0.2) is 23.2 Å². The number of rotatable bonds is 3. The van der Waals surface area contributed by atoms with Crippen LogP contribution in [0.4, 0.5) is 0 Å². The highest BCUT2D eigenvalue weighted by Crippen LogP contribution is 2.26. The Balaban J connectivity index is 2.36. The van der Waals surface area contributed by atoms with Crippen molar-refractivity contribution in [2.24, 2.45) is 4.99 Å². The number of halogens is 1. The van der Waals surface area contributed by atoms with Gasteiger partial charge < -0.3 is 10.6 Å². The number of aryl methyl sites for hydroxylation is 1. The maximum absolute atomic E-state index is 6.32. The number of benzene rings is 1. The van der Waals surface area contributed by atoms with Crippen molar-refractivity contribution in [1.82, 2.24) is 10.6 Å². The summed E-state index contributed by atoms with van der Waals surface area (Å²) in [6.07, 6.45) is 0. The molecule has 2 rings (SSSR count). The predicted molar refractivity (Wildman–Crippen MR) is 68.3 cm³/mol. The average Bonchev–Trinajstić information content (AvgIpc) is 2.79. The van der Waals surface area contributed by atoms with Crippen LogP contribution in [-0.4, -0.2) is 26.0 Å². The summed E-state index contributed by atoms with van der Waals surface area (Å²) in [5.74, 6) is 0.981. The average molecular weight is 238 g/mol. The van der Waals surface area contributed by atoms with E-state index in [0.717, 1.165) is 35.1 Å². The second-order valence-electron chi connectivity index (χ2n) is 3.89. The van der Waals surface area contributed by atoms with Gasteiger partial charge in [0.2, 0.25) is 0 Å². The van der Waals surface area contributed by atoms with Crippen LogP contribution in [0.1, 0.15) is 17.2 Å². The predicted octanol–water partition coefficient (Wildman–Crippen LogP) is 1.91. The van der Waals surface area contributed by atoms with Gasteiger partial charge in [-0.2, -0.15) is 0 Å². The van der Waals surface area contributed by atoms with Crippen LogP contribution in [0.3, 0.4) is 0 Å². The zero-order chi connectivity index (χ0) is 11.5. The van der Waals surface area contributed by atoms with Crippen LogP contribution in [0.5, 0.6) is 0 Å². The van der Waals surface area contributed by atoms with Gasteiger partial charge in [-0.25, -0.2) is 0 Å². The largest absolute Gasteiger partial charge is 0.370 e. The minimum absolute atomic E-state index is 0.0647. The lowest BCUT2D eigenvalue weighted by atomic mass is 10.0. The summed E-state index contributed by atoms with van der Waals surface area (Å²) in [6, 6.07) is 6.15. The fourth-order valence-corrected chi connectivity index (χ4v) is 2.18. The van der Waals surface area contributed by atoms with Crippen LogP contribution in [0.25, 0.3) is 0 Å². The Kier molecular flexibility index (Phi) is 3.46. The van der Waals surface area contributed by atoms with Crippen LogP contribution in [-0.2, 0) is 0 Å². The van der Waals surface area contributed by atoms with Crippen molar-refractivity contribution in [2.75, 3.05) is 20.1 Å². The van der Waals surface area contributed by atoms with Crippen molar-refractivity contribution in [2.45, 2.75) is 13.0 Å². The zero-order valence-electron chi connectivity index (χ0n) is 9.55. The topological polar surface area (TPSA) is 36.4 Å². The van der Waals surface area contributed by atoms with Crippen molar-refractivity contribution >= 4 is 17.4 Å². The summed E-state index contributed by atoms with van der Waals surface area (Å²) in [4.78, 5) is 4.44. The molecule has 0 spiro atoms. The lowest BCUT2D eigenvalue weighted by molar-refractivity contribution is 0.730. The number of nitrogens with zero attached hydrogens (tertiary/aromatic N) is 1. The molecule has 2 N–H and O–H groups in total. The van der Waals surface area contributed by atoms with Gasteiger partial charge in [0.05, 0.1) is 12.6 Å². The summed E-state index contributed by atoms with van der Waals surface area (Å²) in [5.41, 5.74) is 2.18. The Hall–Kier alpha value is -1.06. The van der Waals surface area contributed by atoms with E-state index in [0.29, 0.717) is 0 Å². The number of hydrogen-bond acceptors (Lipinski definition) is 3. The van der Waals surface area contributed by atoms with Crippen molar-refractivity contribution in [3.63, 3.8) is 0 Å². The summed E-state index contributed by atoms with van der Waals surface area (Å²) in [7, 11) is 1.92. The minimum atomic E-state index is 0.0647. The molecule has 0 saturated carbocycles. The van der Waals surface area contributed by atoms with Crippen molar-refractivity contribution in [1.29, 1.82) is 0 Å². The monoisotopic (exact) mass is 237 g/mol. The summed E-state index contributed by atoms with van der Waals surface area (Å²) in [5, 5.41) is 7.35. The number of amidine groups is 1. The molecule has 0 radical (unpaired) electrons. The van der Waals surface area contributed by atoms with E-state index in [1.165, 1.54) is 0 Å². The zero-order valence-corrected chi connectivity index (χ0v) is 10.3. The van der Waals surface area contributed by atoms with Crippen LogP contribution in [0.2, 0.25) is 5.02 Å². The molecule has 86 valence electrons. The van der Waals surface area contributed by atoms with Gasteiger partial charge in [-0.05, 0) is 25.1 Å². The molecule has 0 amide bonds. The Morgan fingerprint density at radius 2 is 2.31 bits per heavy atom. The number of aliphatic imine (C=N–C) groups is 1. The van der Waals surface area contributed by atoms with Gasteiger partial charge in [-0.3, -0.25) is 4.99 Å². The quantitative estimate of drug-likeness (QED) is 0.843. The molecule has 1 atom stereocenters. The lowest BCUT2D eigenvalue weighted by Crippen LogP contribution is -2.33. The van der Waals surface area contributed by atoms with Gasteiger partial charge in [0.15, 0.2) is 0 Å². The van der Waals surface area contributed by atoms with Crippen molar-refractivity contribution < 1.29 is 0 Å². The molecule has 4 heteroatoms. The van der Waals surface area contributed by atoms with E-state index in [2.05, 4.69) is 15.6 Å². The molecule has 1 aromatic rings. The molecule has 0 saturated heterocycles. The number of likely N-dealkylation sites (N-methyl/N-ethyl adjacent to an activating group) is 1. The van der Waals surface area contributed by atoms with E-state index in [1.807, 2.05) is 32.2 Å². The number of nitrogens with one attached hydrogen (secondary N) is 2. The second kappa shape index (κ2) is 4.85. The fraction of sp³-hybridized carbons (Fsp3) is 0.417. The van der Waals surface area contributed by atoms with Crippen molar-refractivity contribution in [3.05, 3.63) is 34.3 Å². The van der Waals surface area contributed by atoms with Gasteiger partial charge >= 0.3 is 0 Å². The Bertz CT molecular complexity index is 415. The molecule has 0 aliphatic carbocycles. The van der Waals surface area contributed by atoms with Gasteiger partial charge in [0.1, 0.15) is 5.84 Å². The van der Waals surface area contributed by atoms with Gasteiger partial charge in [-0.15, -0.1) is 0 Å². The SMILES string of the molecule is CNC(C1=NCCN1)c1cccc(C)c1Cl. The molecular formula is C12H16ClN3. The van der Waals surface area contributed by atoms with Crippen LogP contribution in [0, 0.1) is 6.92 Å². The molecule has 1 aromatic carbocycles. The third-order valence-electron chi connectivity index (χ3n) is 2.79. The second-order valence-corrected chi connectivity index (χ2v) is 4.27. The maximum atomic E-state index is 6.32. The highest BCUT2D eigenvalue weighted by atomic mass is 35.5. The van der Waals surface area contributed by atoms with Gasteiger partial charge in [0, 0.05) is 11.6 Å². The maximum Gasteiger partial charge on any atom is 0.118 e. The minimum Gasteiger partial charge on any atom is -0.370 e. The van der Waals surface area contributed by atoms with Gasteiger partial charge in [-0.1, -0.05) is 29.8 Å². The van der Waals surface area contributed by atoms with E-state index in [4.69, 9.17) is 11.6 Å². The molecule has 1 heterocycles. The first-order valence-electron chi connectivity index (χ1n) is 5.44. The normalized spacial score (nSPS) is 16.8. The molecule has 0 aromatic heterocycles. The van der Waals surface area contributed by atoms with E-state index >= 15 is 0 Å². The lowest BCUT2D eigenvalue weighted by Gasteiger charge is -2.19. The van der Waals surface area contributed by atoms with E-state index in [9.17, 15) is 0 Å². The summed E-state index contributed by atoms with van der Waals surface area (Å²) >= 11 is 6.32. The first kappa shape index (κ1) is 11.4. The highest BCUT2D eigenvalue weighted by Gasteiger charge is 2.21. The standard InChI is InChI=1S/C12H16ClN3/c1-8-4-3-5-9(10(8)13)11(14-2)12-15-6-7-16-12/h3-5,11,14H,6-7H2,1-2H3,(H,15,16). The molecule has 16 heavy (non-hydrogen) atoms. The Morgan fingerprint density at radius 1 is 1.50 bits per heavy atom. The molecular weight excluding hydrogens is 222 g/mol. The first-order chi connectivity index (χ1) is 7.74. The first-order valence-corrected chi connectivity index (χ1v) is 5.82. The van der Waals surface area contributed by atoms with E-state index in [1.54, 1.807) is 0 Å². The summed E-state index contributed by atoms with van der Waals surface area (Å²) < 4.78 is 0. The van der Waals surface area contributed by atoms with Crippen LogP contribution < -0.4 is 10.6 Å². The number of hydrogen-bond donors (Lipinski definition) is 2. The van der Waals surface area contributed by atoms with Crippen LogP contribution >= 0.6 is 11.6 Å². The molecule has 3 nitrogen and oxygen atoms in total. The van der Waals surface area contributed by atoms with Crippen molar-refractivity contribution in [3.8, 4) is 0 Å². The smallest absolute Gasteiger partial charge is 0.118 e. The fourth-order valence-electron chi connectivity index (χ4n) is 1.94. The molecule has 0 fully saturated rings. The Morgan fingerprint density at radius 3 is 2.94 bits per heavy atom. The molecule has 1 unspecified atom stereocenters. The third kappa shape index (κ3) is 2.06. The molecule has 0 bridgehead atoms. The molecule has 1 aliphatic heterocycles. The Labute approximate surface area is 101 Å². The highest BCUT2D eigenvalue weighted by molar-refractivity contribution is 6.32. The molecule has 1 aliphatic rings. The van der Waals surface area contributed by atoms with Gasteiger partial charge in [0.25, 0.3) is 0 Å². The van der Waals surface area contributed by atoms with E-state index < -0.39 is 0 Å². The summed E-state index contributed by atoms with van der Waals surface area (Å²) in [6.45, 7) is 3.77.